The molecule has 0 saturated carbocycles. The van der Waals surface area contributed by atoms with E-state index in [9.17, 15) is 4.79 Å². The van der Waals surface area contributed by atoms with Crippen molar-refractivity contribution in [2.24, 2.45) is 0 Å². The van der Waals surface area contributed by atoms with Crippen LogP contribution >= 0.6 is 23.1 Å². The van der Waals surface area contributed by atoms with Crippen LogP contribution in [0, 0.1) is 11.3 Å². The number of nitrogens with one attached hydrogen (secondary N) is 1. The van der Waals surface area contributed by atoms with Crippen molar-refractivity contribution in [3.63, 3.8) is 0 Å². The van der Waals surface area contributed by atoms with Crippen molar-refractivity contribution in [2.45, 2.75) is 16.4 Å². The van der Waals surface area contributed by atoms with Crippen molar-refractivity contribution in [1.82, 2.24) is 0 Å². The van der Waals surface area contributed by atoms with Crippen LogP contribution in [0.4, 0.5) is 5.69 Å². The number of hydrogen-bond acceptors (Lipinski definition) is 4. The largest absolute Gasteiger partial charge is 0.324 e. The summed E-state index contributed by atoms with van der Waals surface area (Å²) in [5, 5.41) is 13.5. The molecule has 0 bridgehead atoms. The Morgan fingerprint density at radius 3 is 2.84 bits per heavy atom. The molecule has 1 aromatic carbocycles. The molecule has 0 saturated heterocycles. The summed E-state index contributed by atoms with van der Waals surface area (Å²) in [6, 6.07) is 13.0. The van der Waals surface area contributed by atoms with Gasteiger partial charge in [0.05, 0.1) is 20.7 Å². The number of anilines is 1. The highest BCUT2D eigenvalue weighted by atomic mass is 32.2. The van der Waals surface area contributed by atoms with Gasteiger partial charge in [0.1, 0.15) is 6.07 Å². The van der Waals surface area contributed by atoms with Crippen molar-refractivity contribution < 1.29 is 4.79 Å². The Balaban J connectivity index is 2.03. The van der Waals surface area contributed by atoms with Crippen LogP contribution in [0.3, 0.4) is 0 Å². The topological polar surface area (TPSA) is 52.9 Å². The molecule has 5 heteroatoms. The van der Waals surface area contributed by atoms with Gasteiger partial charge >= 0.3 is 0 Å². The van der Waals surface area contributed by atoms with E-state index >= 15 is 0 Å². The molecule has 2 aromatic rings. The van der Waals surface area contributed by atoms with Gasteiger partial charge in [0.25, 0.3) is 0 Å². The summed E-state index contributed by atoms with van der Waals surface area (Å²) in [7, 11) is 0. The fourth-order valence-corrected chi connectivity index (χ4v) is 3.42. The first-order valence-corrected chi connectivity index (χ1v) is 7.47. The minimum Gasteiger partial charge on any atom is -0.324 e. The van der Waals surface area contributed by atoms with E-state index in [0.717, 1.165) is 4.21 Å². The zero-order valence-corrected chi connectivity index (χ0v) is 11.9. The van der Waals surface area contributed by atoms with Gasteiger partial charge in [0, 0.05) is 0 Å². The summed E-state index contributed by atoms with van der Waals surface area (Å²) in [5.41, 5.74) is 1.04. The average molecular weight is 288 g/mol. The lowest BCUT2D eigenvalue weighted by Crippen LogP contribution is -2.22. The molecule has 1 heterocycles. The lowest BCUT2D eigenvalue weighted by Gasteiger charge is -2.11. The highest BCUT2D eigenvalue weighted by molar-refractivity contribution is 8.02. The maximum Gasteiger partial charge on any atom is 0.237 e. The van der Waals surface area contributed by atoms with Gasteiger partial charge in [0.15, 0.2) is 0 Å². The third-order valence-corrected chi connectivity index (χ3v) is 4.64. The van der Waals surface area contributed by atoms with E-state index < -0.39 is 0 Å². The number of benzene rings is 1. The van der Waals surface area contributed by atoms with Crippen LogP contribution in [0.25, 0.3) is 0 Å². The molecule has 2 rings (SSSR count). The van der Waals surface area contributed by atoms with E-state index in [2.05, 4.69) is 11.4 Å². The monoisotopic (exact) mass is 288 g/mol. The summed E-state index contributed by atoms with van der Waals surface area (Å²) >= 11 is 3.13. The Bertz CT molecular complexity index is 602. The van der Waals surface area contributed by atoms with Crippen molar-refractivity contribution in [3.8, 4) is 6.07 Å². The van der Waals surface area contributed by atoms with E-state index in [1.54, 1.807) is 35.6 Å². The fourth-order valence-electron chi connectivity index (χ4n) is 1.48. The van der Waals surface area contributed by atoms with Crippen molar-refractivity contribution in [2.75, 3.05) is 5.32 Å². The first-order chi connectivity index (χ1) is 9.20. The van der Waals surface area contributed by atoms with Crippen LogP contribution in [-0.2, 0) is 4.79 Å². The molecule has 0 aliphatic rings. The lowest BCUT2D eigenvalue weighted by atomic mass is 10.2. The predicted molar refractivity (Wildman–Crippen MR) is 79.4 cm³/mol. The van der Waals surface area contributed by atoms with E-state index in [1.807, 2.05) is 24.4 Å². The maximum absolute atomic E-state index is 12.1. The number of carbonyl (C=O) groups excluding carboxylic acids is 1. The van der Waals surface area contributed by atoms with Gasteiger partial charge < -0.3 is 5.32 Å². The maximum atomic E-state index is 12.1. The summed E-state index contributed by atoms with van der Waals surface area (Å²) in [6.45, 7) is 1.86. The Hall–Kier alpha value is -1.77. The van der Waals surface area contributed by atoms with Crippen molar-refractivity contribution in [3.05, 3.63) is 47.3 Å². The smallest absolute Gasteiger partial charge is 0.237 e. The van der Waals surface area contributed by atoms with Crippen molar-refractivity contribution >= 4 is 34.7 Å². The SMILES string of the molecule is CC(Sc1cccs1)C(=O)Nc1ccccc1C#N. The Morgan fingerprint density at radius 2 is 2.16 bits per heavy atom. The van der Waals surface area contributed by atoms with Gasteiger partial charge in [-0.15, -0.1) is 23.1 Å². The molecule has 0 aliphatic heterocycles. The van der Waals surface area contributed by atoms with Gasteiger partial charge in [-0.1, -0.05) is 18.2 Å². The lowest BCUT2D eigenvalue weighted by molar-refractivity contribution is -0.115. The normalized spacial score (nSPS) is 11.6. The Kier molecular flexibility index (Phi) is 4.61. The number of nitrogens with zero attached hydrogens (tertiary/aromatic N) is 1. The van der Waals surface area contributed by atoms with Gasteiger partial charge in [-0.2, -0.15) is 5.26 Å². The van der Waals surface area contributed by atoms with Gasteiger partial charge in [0.2, 0.25) is 5.91 Å². The van der Waals surface area contributed by atoms with Crippen LogP contribution in [-0.4, -0.2) is 11.2 Å². The summed E-state index contributed by atoms with van der Waals surface area (Å²) in [6.07, 6.45) is 0. The average Bonchev–Trinajstić information content (AvgIpc) is 2.92. The number of rotatable bonds is 4. The minimum absolute atomic E-state index is 0.0962. The van der Waals surface area contributed by atoms with Crippen LogP contribution in [0.2, 0.25) is 0 Å². The molecule has 1 N–H and O–H groups in total. The van der Waals surface area contributed by atoms with Crippen LogP contribution in [0.15, 0.2) is 46.0 Å². The zero-order valence-electron chi connectivity index (χ0n) is 10.3. The number of amides is 1. The Labute approximate surface area is 120 Å². The second-order valence-corrected chi connectivity index (χ2v) is 6.43. The number of nitriles is 1. The fraction of sp³-hybridized carbons (Fsp3) is 0.143. The molecule has 3 nitrogen and oxygen atoms in total. The summed E-state index contributed by atoms with van der Waals surface area (Å²) in [4.78, 5) is 12.1. The van der Waals surface area contributed by atoms with Gasteiger partial charge in [-0.25, -0.2) is 0 Å². The van der Waals surface area contributed by atoms with E-state index in [-0.39, 0.29) is 11.2 Å². The van der Waals surface area contributed by atoms with E-state index in [4.69, 9.17) is 5.26 Å². The second-order valence-electron chi connectivity index (χ2n) is 3.84. The molecule has 0 fully saturated rings. The summed E-state index contributed by atoms with van der Waals surface area (Å²) < 4.78 is 1.11. The molecule has 1 aromatic heterocycles. The van der Waals surface area contributed by atoms with Crippen molar-refractivity contribution in [1.29, 1.82) is 5.26 Å². The molecule has 1 unspecified atom stereocenters. The van der Waals surface area contributed by atoms with Crippen LogP contribution < -0.4 is 5.32 Å². The first kappa shape index (κ1) is 13.7. The van der Waals surface area contributed by atoms with Gasteiger partial charge in [-0.05, 0) is 30.5 Å². The number of para-hydroxylation sites is 1. The quantitative estimate of drug-likeness (QED) is 0.872. The Morgan fingerprint density at radius 1 is 1.37 bits per heavy atom. The first-order valence-electron chi connectivity index (χ1n) is 5.71. The molecule has 0 aliphatic carbocycles. The second kappa shape index (κ2) is 6.41. The number of hydrogen-bond donors (Lipinski definition) is 1. The molecular formula is C14H12N2OS2. The molecule has 1 amide bonds. The molecule has 0 spiro atoms. The highest BCUT2D eigenvalue weighted by Crippen LogP contribution is 2.28. The zero-order chi connectivity index (χ0) is 13.7. The van der Waals surface area contributed by atoms with Crippen LogP contribution in [0.1, 0.15) is 12.5 Å². The summed E-state index contributed by atoms with van der Waals surface area (Å²) in [5.74, 6) is -0.0962. The van der Waals surface area contributed by atoms with Crippen LogP contribution in [0.5, 0.6) is 0 Å². The highest BCUT2D eigenvalue weighted by Gasteiger charge is 2.16. The number of carbonyl (C=O) groups is 1. The minimum atomic E-state index is -0.203. The van der Waals surface area contributed by atoms with E-state index in [1.165, 1.54) is 11.8 Å². The third-order valence-electron chi connectivity index (χ3n) is 2.46. The predicted octanol–water partition coefficient (Wildman–Crippen LogP) is 3.74. The van der Waals surface area contributed by atoms with E-state index in [0.29, 0.717) is 11.3 Å². The molecule has 96 valence electrons. The standard InChI is InChI=1S/C14H12N2OS2/c1-10(19-13-7-4-8-18-13)14(17)16-12-6-3-2-5-11(12)9-15/h2-8,10H,1H3,(H,16,17). The number of thioether (sulfide) groups is 1. The molecule has 0 radical (unpaired) electrons. The molecule has 19 heavy (non-hydrogen) atoms. The molecule has 1 atom stereocenters. The number of thiophene rings is 1. The van der Waals surface area contributed by atoms with Gasteiger partial charge in [-0.3, -0.25) is 4.79 Å². The molecular weight excluding hydrogens is 276 g/mol. The third kappa shape index (κ3) is 3.60.